The van der Waals surface area contributed by atoms with E-state index in [0.717, 1.165) is 37.1 Å². The molecule has 0 heterocycles. The van der Waals surface area contributed by atoms with Gasteiger partial charge in [-0.25, -0.2) is 5.01 Å². The molecular weight excluding hydrogens is 308 g/mol. The van der Waals surface area contributed by atoms with Gasteiger partial charge in [-0.15, -0.1) is 6.58 Å². The molecule has 2 aromatic rings. The highest BCUT2D eigenvalue weighted by Crippen LogP contribution is 2.24. The third kappa shape index (κ3) is 6.76. The number of para-hydroxylation sites is 2. The van der Waals surface area contributed by atoms with Gasteiger partial charge in [0.05, 0.1) is 11.4 Å². The van der Waals surface area contributed by atoms with Gasteiger partial charge in [0.15, 0.2) is 0 Å². The standard InChI is InChI=1S/C22H26N2O/c1-2-3-6-17-22(25)18-11-12-19-23-24(20-13-7-4-8-14-20)21-15-9-5-10-16-21/h2,4-5,7-10,13-16,19H,1,3,6,11-12,17-18H2/b23-19+. The Morgan fingerprint density at radius 1 is 0.880 bits per heavy atom. The van der Waals surface area contributed by atoms with Crippen molar-refractivity contribution in [2.24, 2.45) is 5.10 Å². The summed E-state index contributed by atoms with van der Waals surface area (Å²) in [5.41, 5.74) is 2.04. The fraction of sp³-hybridized carbons (Fsp3) is 0.273. The first-order valence-corrected chi connectivity index (χ1v) is 8.86. The van der Waals surface area contributed by atoms with Crippen molar-refractivity contribution in [1.29, 1.82) is 0 Å². The summed E-state index contributed by atoms with van der Waals surface area (Å²) in [5, 5.41) is 6.54. The van der Waals surface area contributed by atoms with E-state index in [9.17, 15) is 4.79 Å². The minimum Gasteiger partial charge on any atom is -0.300 e. The Bertz CT molecular complexity index is 625. The summed E-state index contributed by atoms with van der Waals surface area (Å²) in [6, 6.07) is 20.1. The van der Waals surface area contributed by atoms with Crippen LogP contribution in [0.15, 0.2) is 78.4 Å². The quantitative estimate of drug-likeness (QED) is 0.222. The number of Topliss-reactive ketones (excluding diaryl/α,β-unsaturated/α-hetero) is 1. The van der Waals surface area contributed by atoms with Gasteiger partial charge >= 0.3 is 0 Å². The lowest BCUT2D eigenvalue weighted by Gasteiger charge is -2.19. The average Bonchev–Trinajstić information content (AvgIpc) is 2.66. The zero-order valence-corrected chi connectivity index (χ0v) is 14.7. The fourth-order valence-electron chi connectivity index (χ4n) is 2.52. The SMILES string of the molecule is C=CCCCC(=O)CCC/C=N/N(c1ccccc1)c1ccccc1. The van der Waals surface area contributed by atoms with Crippen LogP contribution in [0.4, 0.5) is 11.4 Å². The average molecular weight is 334 g/mol. The van der Waals surface area contributed by atoms with Crippen LogP contribution < -0.4 is 5.01 Å². The minimum absolute atomic E-state index is 0.332. The molecule has 0 saturated carbocycles. The first-order chi connectivity index (χ1) is 12.3. The zero-order valence-electron chi connectivity index (χ0n) is 14.7. The first kappa shape index (κ1) is 18.7. The van der Waals surface area contributed by atoms with Gasteiger partial charge in [-0.3, -0.25) is 4.79 Å². The second-order valence-corrected chi connectivity index (χ2v) is 5.89. The monoisotopic (exact) mass is 334 g/mol. The number of benzene rings is 2. The van der Waals surface area contributed by atoms with Gasteiger partial charge in [-0.05, 0) is 49.9 Å². The summed E-state index contributed by atoms with van der Waals surface area (Å²) in [6.07, 6.45) is 8.50. The number of rotatable bonds is 11. The number of allylic oxidation sites excluding steroid dienone is 1. The summed E-state index contributed by atoms with van der Waals surface area (Å²) in [7, 11) is 0. The number of carbonyl (C=O) groups excluding carboxylic acids is 1. The zero-order chi connectivity index (χ0) is 17.7. The Morgan fingerprint density at radius 2 is 1.40 bits per heavy atom. The Labute approximate surface area is 150 Å². The van der Waals surface area contributed by atoms with Gasteiger partial charge in [0, 0.05) is 19.1 Å². The normalized spacial score (nSPS) is 10.7. The lowest BCUT2D eigenvalue weighted by molar-refractivity contribution is -0.119. The Kier molecular flexibility index (Phi) is 8.19. The van der Waals surface area contributed by atoms with Crippen molar-refractivity contribution in [2.75, 3.05) is 5.01 Å². The van der Waals surface area contributed by atoms with Crippen LogP contribution in [0.25, 0.3) is 0 Å². The molecule has 0 amide bonds. The van der Waals surface area contributed by atoms with Gasteiger partial charge in [-0.2, -0.15) is 5.10 Å². The predicted molar refractivity (Wildman–Crippen MR) is 106 cm³/mol. The van der Waals surface area contributed by atoms with E-state index in [1.54, 1.807) is 0 Å². The van der Waals surface area contributed by atoms with E-state index in [4.69, 9.17) is 0 Å². The molecule has 0 bridgehead atoms. The van der Waals surface area contributed by atoms with Crippen LogP contribution in [0.5, 0.6) is 0 Å². The number of hydrazone groups is 1. The van der Waals surface area contributed by atoms with Crippen LogP contribution >= 0.6 is 0 Å². The van der Waals surface area contributed by atoms with E-state index in [2.05, 4.69) is 11.7 Å². The van der Waals surface area contributed by atoms with Crippen molar-refractivity contribution in [1.82, 2.24) is 0 Å². The topological polar surface area (TPSA) is 32.7 Å². The number of hydrogen-bond donors (Lipinski definition) is 0. The van der Waals surface area contributed by atoms with Crippen molar-refractivity contribution in [3.8, 4) is 0 Å². The predicted octanol–water partition coefficient (Wildman–Crippen LogP) is 5.91. The first-order valence-electron chi connectivity index (χ1n) is 8.86. The number of nitrogens with zero attached hydrogens (tertiary/aromatic N) is 2. The van der Waals surface area contributed by atoms with Crippen LogP contribution in [0.3, 0.4) is 0 Å². The molecule has 3 heteroatoms. The Hall–Kier alpha value is -2.68. The van der Waals surface area contributed by atoms with E-state index in [1.165, 1.54) is 0 Å². The molecule has 0 atom stereocenters. The second-order valence-electron chi connectivity index (χ2n) is 5.89. The third-order valence-electron chi connectivity index (χ3n) is 3.85. The van der Waals surface area contributed by atoms with Crippen LogP contribution in [0, 0.1) is 0 Å². The molecule has 0 N–H and O–H groups in total. The molecule has 25 heavy (non-hydrogen) atoms. The highest BCUT2D eigenvalue weighted by molar-refractivity contribution is 5.78. The van der Waals surface area contributed by atoms with Gasteiger partial charge in [0.1, 0.15) is 5.78 Å². The summed E-state index contributed by atoms with van der Waals surface area (Å²) in [5.74, 6) is 0.332. The van der Waals surface area contributed by atoms with Crippen LogP contribution in [-0.2, 0) is 4.79 Å². The van der Waals surface area contributed by atoms with E-state index in [0.29, 0.717) is 18.6 Å². The van der Waals surface area contributed by atoms with Crippen molar-refractivity contribution < 1.29 is 4.79 Å². The highest BCUT2D eigenvalue weighted by Gasteiger charge is 2.06. The van der Waals surface area contributed by atoms with Crippen molar-refractivity contribution >= 4 is 23.4 Å². The molecular formula is C22H26N2O. The maximum atomic E-state index is 11.8. The Morgan fingerprint density at radius 3 is 1.92 bits per heavy atom. The molecule has 0 aliphatic heterocycles. The largest absolute Gasteiger partial charge is 0.300 e. The molecule has 2 rings (SSSR count). The second kappa shape index (κ2) is 11.0. The van der Waals surface area contributed by atoms with E-state index >= 15 is 0 Å². The fourth-order valence-corrected chi connectivity index (χ4v) is 2.52. The molecule has 0 saturated heterocycles. The van der Waals surface area contributed by atoms with Gasteiger partial charge < -0.3 is 0 Å². The number of ketones is 1. The van der Waals surface area contributed by atoms with Gasteiger partial charge in [0.2, 0.25) is 0 Å². The number of unbranched alkanes of at least 4 members (excludes halogenated alkanes) is 2. The molecule has 0 aromatic heterocycles. The lowest BCUT2D eigenvalue weighted by Crippen LogP contribution is -2.09. The number of hydrogen-bond acceptors (Lipinski definition) is 3. The molecule has 0 spiro atoms. The minimum atomic E-state index is 0.332. The molecule has 0 aliphatic carbocycles. The maximum absolute atomic E-state index is 11.8. The number of anilines is 2. The molecule has 3 nitrogen and oxygen atoms in total. The highest BCUT2D eigenvalue weighted by atomic mass is 16.1. The van der Waals surface area contributed by atoms with Crippen LogP contribution in [-0.4, -0.2) is 12.0 Å². The Balaban J connectivity index is 1.88. The molecule has 130 valence electrons. The summed E-state index contributed by atoms with van der Waals surface area (Å²) in [6.45, 7) is 3.68. The molecule has 0 aliphatic rings. The van der Waals surface area contributed by atoms with Crippen molar-refractivity contribution in [3.63, 3.8) is 0 Å². The van der Waals surface area contributed by atoms with Crippen molar-refractivity contribution in [2.45, 2.75) is 38.5 Å². The number of carbonyl (C=O) groups is 1. The summed E-state index contributed by atoms with van der Waals surface area (Å²) in [4.78, 5) is 11.8. The van der Waals surface area contributed by atoms with E-state index in [-0.39, 0.29) is 0 Å². The third-order valence-corrected chi connectivity index (χ3v) is 3.85. The van der Waals surface area contributed by atoms with E-state index < -0.39 is 0 Å². The van der Waals surface area contributed by atoms with Crippen LogP contribution in [0.1, 0.15) is 38.5 Å². The van der Waals surface area contributed by atoms with Crippen LogP contribution in [0.2, 0.25) is 0 Å². The molecule has 2 aromatic carbocycles. The molecule has 0 fully saturated rings. The van der Waals surface area contributed by atoms with Crippen molar-refractivity contribution in [3.05, 3.63) is 73.3 Å². The summed E-state index contributed by atoms with van der Waals surface area (Å²) >= 11 is 0. The molecule has 0 unspecified atom stereocenters. The van der Waals surface area contributed by atoms with Gasteiger partial charge in [-0.1, -0.05) is 42.5 Å². The lowest BCUT2D eigenvalue weighted by atomic mass is 10.1. The van der Waals surface area contributed by atoms with E-state index in [1.807, 2.05) is 78.0 Å². The smallest absolute Gasteiger partial charge is 0.132 e. The summed E-state index contributed by atoms with van der Waals surface area (Å²) < 4.78 is 0. The maximum Gasteiger partial charge on any atom is 0.132 e. The van der Waals surface area contributed by atoms with Gasteiger partial charge in [0.25, 0.3) is 0 Å². The molecule has 0 radical (unpaired) electrons.